The number of fused-ring (bicyclic) bond motifs is 1. The van der Waals surface area contributed by atoms with Crippen molar-refractivity contribution >= 4 is 17.1 Å². The second-order valence-corrected chi connectivity index (χ2v) is 21.4. The van der Waals surface area contributed by atoms with Gasteiger partial charge in [0.1, 0.15) is 51.1 Å². The number of hydrogen-bond donors (Lipinski definition) is 0. The lowest BCUT2D eigenvalue weighted by atomic mass is 10.0. The summed E-state index contributed by atoms with van der Waals surface area (Å²) < 4.78 is 43.0. The molecule has 0 spiro atoms. The quantitative estimate of drug-likeness (QED) is 0.0366. The van der Waals surface area contributed by atoms with Crippen LogP contribution >= 0.6 is 0 Å². The fraction of sp³-hybridized carbons (Fsp3) is 0.293. The third-order valence-electron chi connectivity index (χ3n) is 14.9. The Labute approximate surface area is 492 Å². The molecule has 8 aromatic carbocycles. The lowest BCUT2D eigenvalue weighted by Crippen LogP contribution is -2.17. The van der Waals surface area contributed by atoms with Gasteiger partial charge in [0.2, 0.25) is 11.2 Å². The zero-order valence-corrected chi connectivity index (χ0v) is 48.4. The van der Waals surface area contributed by atoms with Gasteiger partial charge in [0.25, 0.3) is 0 Å². The van der Waals surface area contributed by atoms with Gasteiger partial charge >= 0.3 is 0 Å². The molecule has 0 amide bonds. The van der Waals surface area contributed by atoms with Gasteiger partial charge in [-0.2, -0.15) is 0 Å². The number of benzene rings is 8. The van der Waals surface area contributed by atoms with E-state index in [0.29, 0.717) is 57.5 Å². The molecule has 1 heterocycles. The zero-order valence-electron chi connectivity index (χ0n) is 48.4. The van der Waals surface area contributed by atoms with E-state index in [1.165, 1.54) is 77.0 Å². The standard InChI is InChI=1S/C75H81NO7/c1-2-3-4-5-6-7-8-9-10-11-12-13-14-15-16-35-48-76-67-51-66(78-53-59-36-23-17-24-37-59)52-68(79-54-60-38-25-18-26-39-60)71(67)73(77)75(83-58-64-46-33-22-34-47-64)72(76)65-49-69(80-55-61-40-27-19-28-41-61)74(82-57-63-44-31-21-32-45-63)70(50-65)81-56-62-42-29-20-30-43-62/h17-52H,2-16,53-58H2,1H3. The van der Waals surface area contributed by atoms with Crippen molar-refractivity contribution in [2.45, 2.75) is 143 Å². The molecule has 1 aromatic heterocycles. The van der Waals surface area contributed by atoms with Crippen molar-refractivity contribution in [3.8, 4) is 45.8 Å². The molecule has 0 radical (unpaired) electrons. The number of aromatic nitrogens is 1. The lowest BCUT2D eigenvalue weighted by molar-refractivity contribution is 0.230. The zero-order chi connectivity index (χ0) is 56.9. The fourth-order valence-corrected chi connectivity index (χ4v) is 10.3. The molecule has 428 valence electrons. The largest absolute Gasteiger partial charge is 0.489 e. The molecule has 83 heavy (non-hydrogen) atoms. The summed E-state index contributed by atoms with van der Waals surface area (Å²) >= 11 is 0. The van der Waals surface area contributed by atoms with Crippen molar-refractivity contribution in [1.29, 1.82) is 0 Å². The highest BCUT2D eigenvalue weighted by atomic mass is 16.5. The first-order chi connectivity index (χ1) is 41.1. The van der Waals surface area contributed by atoms with E-state index < -0.39 is 0 Å². The van der Waals surface area contributed by atoms with Crippen LogP contribution < -0.4 is 33.8 Å². The average Bonchev–Trinajstić information content (AvgIpc) is 3.73. The molecule has 0 aliphatic carbocycles. The second kappa shape index (κ2) is 32.8. The Kier molecular flexibility index (Phi) is 23.4. The van der Waals surface area contributed by atoms with E-state index in [-0.39, 0.29) is 44.2 Å². The Morgan fingerprint density at radius 1 is 0.361 bits per heavy atom. The van der Waals surface area contributed by atoms with Gasteiger partial charge in [-0.1, -0.05) is 278 Å². The van der Waals surface area contributed by atoms with Crippen LogP contribution in [0.15, 0.2) is 217 Å². The average molecular weight is 1110 g/mol. The highest BCUT2D eigenvalue weighted by Crippen LogP contribution is 2.46. The molecule has 0 bridgehead atoms. The number of hydrogen-bond acceptors (Lipinski definition) is 7. The molecule has 9 rings (SSSR count). The number of rotatable bonds is 35. The van der Waals surface area contributed by atoms with E-state index in [9.17, 15) is 0 Å². The smallest absolute Gasteiger partial charge is 0.235 e. The monoisotopic (exact) mass is 1110 g/mol. The lowest BCUT2D eigenvalue weighted by Gasteiger charge is -2.23. The highest BCUT2D eigenvalue weighted by molar-refractivity contribution is 5.94. The molecule has 0 atom stereocenters. The predicted molar refractivity (Wildman–Crippen MR) is 339 cm³/mol. The fourth-order valence-electron chi connectivity index (χ4n) is 10.3. The van der Waals surface area contributed by atoms with Gasteiger partial charge in [0, 0.05) is 23.9 Å². The third kappa shape index (κ3) is 18.3. The molecule has 9 aromatic rings. The maximum Gasteiger partial charge on any atom is 0.235 e. The summed E-state index contributed by atoms with van der Waals surface area (Å²) in [6, 6.07) is 67.9. The van der Waals surface area contributed by atoms with Crippen molar-refractivity contribution < 1.29 is 28.4 Å². The van der Waals surface area contributed by atoms with Gasteiger partial charge in [0.05, 0.1) is 16.6 Å². The Hall–Kier alpha value is -8.49. The van der Waals surface area contributed by atoms with E-state index in [1.54, 1.807) is 0 Å². The third-order valence-corrected chi connectivity index (χ3v) is 14.9. The molecular formula is C75H81NO7. The SMILES string of the molecule is CCCCCCCCCCCCCCCCC=Cn1c(-c2cc(OCc3ccccc3)c(OCc3ccccc3)c(OCc3ccccc3)c2)c(OCc2ccccc2)c(=O)c2c(OCc3ccccc3)cc(OCc3ccccc3)cc21. The van der Waals surface area contributed by atoms with Gasteiger partial charge in [-0.3, -0.25) is 4.79 Å². The van der Waals surface area contributed by atoms with Gasteiger partial charge in [-0.25, -0.2) is 0 Å². The van der Waals surface area contributed by atoms with Crippen molar-refractivity contribution in [2.24, 2.45) is 0 Å². The van der Waals surface area contributed by atoms with E-state index in [2.05, 4.69) is 23.8 Å². The summed E-state index contributed by atoms with van der Waals surface area (Å²) in [4.78, 5) is 16.0. The highest BCUT2D eigenvalue weighted by Gasteiger charge is 2.27. The Morgan fingerprint density at radius 3 is 1.12 bits per heavy atom. The minimum atomic E-state index is -0.330. The van der Waals surface area contributed by atoms with Crippen LogP contribution in [0.2, 0.25) is 0 Å². The van der Waals surface area contributed by atoms with E-state index >= 15 is 4.79 Å². The molecule has 8 nitrogen and oxygen atoms in total. The summed E-state index contributed by atoms with van der Waals surface area (Å²) in [5, 5.41) is 0.366. The summed E-state index contributed by atoms with van der Waals surface area (Å²) in [5.74, 6) is 2.39. The summed E-state index contributed by atoms with van der Waals surface area (Å²) in [5.41, 5.74) is 7.21. The summed E-state index contributed by atoms with van der Waals surface area (Å²) in [6.07, 6.45) is 23.2. The van der Waals surface area contributed by atoms with E-state index in [0.717, 1.165) is 52.6 Å². The minimum Gasteiger partial charge on any atom is -0.489 e. The first-order valence-corrected chi connectivity index (χ1v) is 30.2. The molecule has 0 fully saturated rings. The number of nitrogens with zero attached hydrogens (tertiary/aromatic N) is 1. The van der Waals surface area contributed by atoms with Crippen LogP contribution in [0.5, 0.6) is 34.5 Å². The number of pyridine rings is 1. The van der Waals surface area contributed by atoms with Crippen LogP contribution in [-0.2, 0) is 39.6 Å². The van der Waals surface area contributed by atoms with Crippen LogP contribution in [0.4, 0.5) is 0 Å². The van der Waals surface area contributed by atoms with Crippen LogP contribution in [0.1, 0.15) is 137 Å². The normalized spacial score (nSPS) is 11.2. The predicted octanol–water partition coefficient (Wildman–Crippen LogP) is 19.5. The summed E-state index contributed by atoms with van der Waals surface area (Å²) in [7, 11) is 0. The van der Waals surface area contributed by atoms with Gasteiger partial charge in [-0.15, -0.1) is 0 Å². The maximum atomic E-state index is 16.0. The molecular weight excluding hydrogens is 1030 g/mol. The van der Waals surface area contributed by atoms with Gasteiger partial charge in [-0.05, 0) is 58.4 Å². The van der Waals surface area contributed by atoms with Gasteiger partial charge < -0.3 is 33.0 Å². The molecule has 0 aliphatic heterocycles. The first kappa shape index (κ1) is 59.1. The Morgan fingerprint density at radius 2 is 0.711 bits per heavy atom. The molecule has 0 N–H and O–H groups in total. The molecule has 0 unspecified atom stereocenters. The van der Waals surface area contributed by atoms with Crippen LogP contribution in [0.3, 0.4) is 0 Å². The Balaban J connectivity index is 1.17. The minimum absolute atomic E-state index is 0.128. The van der Waals surface area contributed by atoms with Gasteiger partial charge in [0.15, 0.2) is 17.2 Å². The van der Waals surface area contributed by atoms with E-state index in [4.69, 9.17) is 28.4 Å². The number of allylic oxidation sites excluding steroid dienone is 1. The summed E-state index contributed by atoms with van der Waals surface area (Å²) in [6.45, 7) is 3.69. The molecule has 0 aliphatic rings. The van der Waals surface area contributed by atoms with Crippen molar-refractivity contribution in [3.63, 3.8) is 0 Å². The topological polar surface area (TPSA) is 77.4 Å². The molecule has 0 saturated heterocycles. The number of ether oxygens (including phenoxy) is 6. The van der Waals surface area contributed by atoms with Crippen molar-refractivity contribution in [2.75, 3.05) is 0 Å². The first-order valence-electron chi connectivity index (χ1n) is 30.2. The number of unbranched alkanes of at least 4 members (excludes halogenated alkanes) is 14. The molecule has 8 heteroatoms. The van der Waals surface area contributed by atoms with Crippen LogP contribution in [0.25, 0.3) is 28.4 Å². The van der Waals surface area contributed by atoms with Crippen LogP contribution in [0, 0.1) is 0 Å². The van der Waals surface area contributed by atoms with E-state index in [1.807, 2.05) is 206 Å². The Bertz CT molecular complexity index is 3340. The van der Waals surface area contributed by atoms with Crippen molar-refractivity contribution in [1.82, 2.24) is 4.57 Å². The van der Waals surface area contributed by atoms with Crippen molar-refractivity contribution in [3.05, 3.63) is 256 Å². The molecule has 0 saturated carbocycles. The maximum absolute atomic E-state index is 16.0. The second-order valence-electron chi connectivity index (χ2n) is 21.4. The van der Waals surface area contributed by atoms with Crippen LogP contribution in [-0.4, -0.2) is 4.57 Å².